The van der Waals surface area contributed by atoms with Crippen LogP contribution in [0.3, 0.4) is 0 Å². The summed E-state index contributed by atoms with van der Waals surface area (Å²) in [6, 6.07) is 8.32. The Bertz CT molecular complexity index is 519. The largest absolute Gasteiger partial charge is 0.447 e. The topological polar surface area (TPSA) is 72.9 Å². The molecule has 1 saturated heterocycles. The van der Waals surface area contributed by atoms with Gasteiger partial charge in [0.2, 0.25) is 5.24 Å². The lowest BCUT2D eigenvalue weighted by molar-refractivity contribution is -0.112. The van der Waals surface area contributed by atoms with E-state index in [2.05, 4.69) is 0 Å². The van der Waals surface area contributed by atoms with Gasteiger partial charge in [-0.05, 0) is 17.2 Å². The first-order valence-electron chi connectivity index (χ1n) is 5.93. The summed E-state index contributed by atoms with van der Waals surface area (Å²) in [6.07, 6.45) is -1.83. The lowest BCUT2D eigenvalue weighted by Gasteiger charge is -2.17. The van der Waals surface area contributed by atoms with E-state index >= 15 is 0 Å². The van der Waals surface area contributed by atoms with E-state index in [4.69, 9.17) is 21.1 Å². The highest BCUT2D eigenvalue weighted by Crippen LogP contribution is 2.18. The van der Waals surface area contributed by atoms with Crippen molar-refractivity contribution in [2.24, 2.45) is 0 Å². The Hall–Kier alpha value is -2.08. The van der Waals surface area contributed by atoms with Gasteiger partial charge in [0.25, 0.3) is 0 Å². The molecule has 20 heavy (non-hydrogen) atoms. The summed E-state index contributed by atoms with van der Waals surface area (Å²) in [5.41, 5.74) is 0.790. The zero-order valence-corrected chi connectivity index (χ0v) is 11.2. The smallest absolute Gasteiger partial charge is 0.420 e. The van der Waals surface area contributed by atoms with Gasteiger partial charge in [0.1, 0.15) is 13.2 Å². The molecule has 6 nitrogen and oxygen atoms in total. The molecule has 106 valence electrons. The minimum atomic E-state index is -0.848. The van der Waals surface area contributed by atoms with Crippen molar-refractivity contribution in [2.75, 3.05) is 6.61 Å². The van der Waals surface area contributed by atoms with Crippen LogP contribution in [-0.4, -0.2) is 35.0 Å². The number of halogens is 1. The molecule has 1 aliphatic rings. The van der Waals surface area contributed by atoms with E-state index < -0.39 is 23.5 Å². The third kappa shape index (κ3) is 3.48. The van der Waals surface area contributed by atoms with E-state index in [9.17, 15) is 14.4 Å². The van der Waals surface area contributed by atoms with E-state index in [1.807, 2.05) is 18.2 Å². The Balaban J connectivity index is 1.96. The molecule has 1 heterocycles. The van der Waals surface area contributed by atoms with Gasteiger partial charge in [-0.2, -0.15) is 0 Å². The van der Waals surface area contributed by atoms with Crippen LogP contribution in [0.1, 0.15) is 12.0 Å². The summed E-state index contributed by atoms with van der Waals surface area (Å²) in [6.45, 7) is -0.0251. The number of imide groups is 1. The Morgan fingerprint density at radius 2 is 2.05 bits per heavy atom. The Kier molecular flexibility index (Phi) is 4.57. The van der Waals surface area contributed by atoms with E-state index in [0.29, 0.717) is 0 Å². The highest BCUT2D eigenvalue weighted by Gasteiger charge is 2.40. The second kappa shape index (κ2) is 6.38. The molecule has 1 aliphatic heterocycles. The molecule has 1 aromatic rings. The summed E-state index contributed by atoms with van der Waals surface area (Å²) in [5.74, 6) is 0. The van der Waals surface area contributed by atoms with Gasteiger partial charge in [-0.1, -0.05) is 30.3 Å². The number of nitrogens with zero attached hydrogens (tertiary/aromatic N) is 1. The van der Waals surface area contributed by atoms with Gasteiger partial charge < -0.3 is 9.47 Å². The predicted octanol–water partition coefficient (Wildman–Crippen LogP) is 2.30. The minimum absolute atomic E-state index is 0.0327. The standard InChI is InChI=1S/C13H12ClNO5/c14-11(16)6-10-8-20-13(18)15(10)12(17)19-7-9-4-2-1-3-5-9/h1-5,10H,6-8H2. The second-order valence-electron chi connectivity index (χ2n) is 4.20. The third-order valence-electron chi connectivity index (χ3n) is 2.76. The highest BCUT2D eigenvalue weighted by molar-refractivity contribution is 6.63. The first-order valence-corrected chi connectivity index (χ1v) is 6.30. The van der Waals surface area contributed by atoms with Gasteiger partial charge in [0, 0.05) is 6.42 Å². The van der Waals surface area contributed by atoms with Crippen LogP contribution in [0.25, 0.3) is 0 Å². The molecule has 1 aromatic carbocycles. The van der Waals surface area contributed by atoms with E-state index in [0.717, 1.165) is 10.5 Å². The quantitative estimate of drug-likeness (QED) is 0.797. The molecule has 0 aromatic heterocycles. The molecular formula is C13H12ClNO5. The van der Waals surface area contributed by atoms with Crippen LogP contribution in [0, 0.1) is 0 Å². The molecule has 1 atom stereocenters. The summed E-state index contributed by atoms with van der Waals surface area (Å²) in [5, 5.41) is -0.644. The van der Waals surface area contributed by atoms with Crippen LogP contribution in [0.4, 0.5) is 9.59 Å². The maximum Gasteiger partial charge on any atom is 0.420 e. The van der Waals surface area contributed by atoms with Crippen molar-refractivity contribution in [3.8, 4) is 0 Å². The van der Waals surface area contributed by atoms with Crippen LogP contribution in [0.15, 0.2) is 30.3 Å². The zero-order chi connectivity index (χ0) is 14.5. The zero-order valence-electron chi connectivity index (χ0n) is 10.5. The van der Waals surface area contributed by atoms with Gasteiger partial charge in [-0.25, -0.2) is 14.5 Å². The number of hydrogen-bond acceptors (Lipinski definition) is 5. The number of benzene rings is 1. The fraction of sp³-hybridized carbons (Fsp3) is 0.308. The van der Waals surface area contributed by atoms with Gasteiger partial charge >= 0.3 is 12.2 Å². The summed E-state index contributed by atoms with van der Waals surface area (Å²) in [7, 11) is 0. The molecule has 0 N–H and O–H groups in total. The van der Waals surface area contributed by atoms with Gasteiger partial charge in [0.15, 0.2) is 0 Å². The second-order valence-corrected chi connectivity index (χ2v) is 4.62. The molecule has 7 heteroatoms. The summed E-state index contributed by atoms with van der Waals surface area (Å²) >= 11 is 5.26. The predicted molar refractivity (Wildman–Crippen MR) is 69.1 cm³/mol. The minimum Gasteiger partial charge on any atom is -0.447 e. The monoisotopic (exact) mass is 297 g/mol. The molecule has 0 saturated carbocycles. The number of amides is 2. The van der Waals surface area contributed by atoms with E-state index in [-0.39, 0.29) is 19.6 Å². The Morgan fingerprint density at radius 1 is 1.35 bits per heavy atom. The van der Waals surface area contributed by atoms with E-state index in [1.54, 1.807) is 12.1 Å². The first-order chi connectivity index (χ1) is 9.58. The molecule has 0 bridgehead atoms. The van der Waals surface area contributed by atoms with Crippen LogP contribution in [-0.2, 0) is 20.9 Å². The fourth-order valence-electron chi connectivity index (χ4n) is 1.81. The average Bonchev–Trinajstić information content (AvgIpc) is 2.77. The normalized spacial score (nSPS) is 17.8. The lowest BCUT2D eigenvalue weighted by atomic mass is 10.2. The lowest BCUT2D eigenvalue weighted by Crippen LogP contribution is -2.40. The van der Waals surface area contributed by atoms with Crippen LogP contribution in [0.5, 0.6) is 0 Å². The van der Waals surface area contributed by atoms with Gasteiger partial charge in [-0.3, -0.25) is 4.79 Å². The van der Waals surface area contributed by atoms with Crippen molar-refractivity contribution < 1.29 is 23.9 Å². The van der Waals surface area contributed by atoms with Gasteiger partial charge in [0.05, 0.1) is 6.04 Å². The number of ether oxygens (including phenoxy) is 2. The van der Waals surface area contributed by atoms with Crippen molar-refractivity contribution >= 4 is 29.0 Å². The van der Waals surface area contributed by atoms with Gasteiger partial charge in [-0.15, -0.1) is 0 Å². The highest BCUT2D eigenvalue weighted by atomic mass is 35.5. The number of carbonyl (C=O) groups is 3. The SMILES string of the molecule is O=C(Cl)CC1COC(=O)N1C(=O)OCc1ccccc1. The molecule has 1 fully saturated rings. The molecular weight excluding hydrogens is 286 g/mol. The van der Waals surface area contributed by atoms with Crippen LogP contribution >= 0.6 is 11.6 Å². The average molecular weight is 298 g/mol. The summed E-state index contributed by atoms with van der Waals surface area (Å²) in [4.78, 5) is 35.0. The number of rotatable bonds is 4. The molecule has 2 rings (SSSR count). The number of cyclic esters (lactones) is 1. The Morgan fingerprint density at radius 3 is 2.70 bits per heavy atom. The van der Waals surface area contributed by atoms with Crippen molar-refractivity contribution in [2.45, 2.75) is 19.1 Å². The molecule has 2 amide bonds. The third-order valence-corrected chi connectivity index (χ3v) is 2.91. The fourth-order valence-corrected chi connectivity index (χ4v) is 1.99. The number of hydrogen-bond donors (Lipinski definition) is 0. The van der Waals surface area contributed by atoms with Crippen LogP contribution < -0.4 is 0 Å². The summed E-state index contributed by atoms with van der Waals surface area (Å²) < 4.78 is 9.75. The molecule has 0 radical (unpaired) electrons. The van der Waals surface area contributed by atoms with Crippen molar-refractivity contribution in [1.82, 2.24) is 4.90 Å². The first kappa shape index (κ1) is 14.3. The molecule has 0 spiro atoms. The van der Waals surface area contributed by atoms with Crippen molar-refractivity contribution in [1.29, 1.82) is 0 Å². The van der Waals surface area contributed by atoms with E-state index in [1.165, 1.54) is 0 Å². The molecule has 1 unspecified atom stereocenters. The van der Waals surface area contributed by atoms with Crippen LogP contribution in [0.2, 0.25) is 0 Å². The Labute approximate surface area is 120 Å². The van der Waals surface area contributed by atoms with Crippen molar-refractivity contribution in [3.05, 3.63) is 35.9 Å². The molecule has 0 aliphatic carbocycles. The van der Waals surface area contributed by atoms with Crippen molar-refractivity contribution in [3.63, 3.8) is 0 Å². The maximum absolute atomic E-state index is 11.9. The number of carbonyl (C=O) groups excluding carboxylic acids is 3. The maximum atomic E-state index is 11.9.